The first-order valence-electron chi connectivity index (χ1n) is 9.19. The number of nitrogens with zero attached hydrogens (tertiary/aromatic N) is 1. The van der Waals surface area contributed by atoms with E-state index in [2.05, 4.69) is 51.6 Å². The predicted octanol–water partition coefficient (Wildman–Crippen LogP) is 5.60. The van der Waals surface area contributed by atoms with E-state index in [1.54, 1.807) is 13.4 Å². The molecule has 0 amide bonds. The van der Waals surface area contributed by atoms with Crippen LogP contribution >= 0.6 is 15.9 Å². The number of hydrogen-bond donors (Lipinski definition) is 1. The van der Waals surface area contributed by atoms with Crippen LogP contribution in [0.15, 0.2) is 75.8 Å². The highest BCUT2D eigenvalue weighted by Crippen LogP contribution is 2.28. The largest absolute Gasteiger partial charge is 0.497 e. The number of benzene rings is 2. The van der Waals surface area contributed by atoms with Crippen LogP contribution in [0.25, 0.3) is 22.4 Å². The van der Waals surface area contributed by atoms with Crippen molar-refractivity contribution >= 4 is 26.8 Å². The highest BCUT2D eigenvalue weighted by molar-refractivity contribution is 9.10. The molecule has 0 aliphatic heterocycles. The topological polar surface area (TPSA) is 47.3 Å². The molecule has 142 valence electrons. The molecule has 0 radical (unpaired) electrons. The fourth-order valence-corrected chi connectivity index (χ4v) is 3.45. The summed E-state index contributed by atoms with van der Waals surface area (Å²) in [7, 11) is 1.67. The summed E-state index contributed by atoms with van der Waals surface area (Å²) < 4.78 is 12.1. The van der Waals surface area contributed by atoms with Crippen molar-refractivity contribution in [2.24, 2.45) is 0 Å². The molecule has 0 fully saturated rings. The molecule has 0 aliphatic rings. The van der Waals surface area contributed by atoms with Crippen LogP contribution in [0.1, 0.15) is 11.1 Å². The highest BCUT2D eigenvalue weighted by atomic mass is 79.9. The monoisotopic (exact) mass is 436 g/mol. The Kier molecular flexibility index (Phi) is 5.74. The number of halogens is 1. The molecule has 0 atom stereocenters. The van der Waals surface area contributed by atoms with Gasteiger partial charge in [-0.1, -0.05) is 28.1 Å². The van der Waals surface area contributed by atoms with Gasteiger partial charge in [0.25, 0.3) is 0 Å². The Bertz CT molecular complexity index is 1060. The summed E-state index contributed by atoms with van der Waals surface area (Å²) in [6, 6.07) is 20.4. The molecule has 2 aromatic carbocycles. The van der Waals surface area contributed by atoms with Gasteiger partial charge in [0.1, 0.15) is 11.4 Å². The smallest absolute Gasteiger partial charge is 0.152 e. The average molecular weight is 437 g/mol. The second-order valence-corrected chi connectivity index (χ2v) is 7.50. The number of aromatic nitrogens is 1. The van der Waals surface area contributed by atoms with Crippen LogP contribution in [-0.2, 0) is 13.0 Å². The lowest BCUT2D eigenvalue weighted by molar-refractivity contribution is 0.415. The quantitative estimate of drug-likeness (QED) is 0.383. The third kappa shape index (κ3) is 4.26. The Morgan fingerprint density at radius 1 is 1.07 bits per heavy atom. The first-order valence-corrected chi connectivity index (χ1v) is 9.99. The van der Waals surface area contributed by atoms with Gasteiger partial charge in [-0.25, -0.2) is 4.98 Å². The van der Waals surface area contributed by atoms with Crippen LogP contribution in [0.3, 0.4) is 0 Å². The zero-order chi connectivity index (χ0) is 19.3. The van der Waals surface area contributed by atoms with E-state index in [0.29, 0.717) is 0 Å². The fraction of sp³-hybridized carbons (Fsp3) is 0.174. The van der Waals surface area contributed by atoms with E-state index in [9.17, 15) is 0 Å². The Morgan fingerprint density at radius 2 is 1.93 bits per heavy atom. The molecule has 0 spiro atoms. The van der Waals surface area contributed by atoms with Gasteiger partial charge in [-0.3, -0.25) is 0 Å². The summed E-state index contributed by atoms with van der Waals surface area (Å²) in [5.74, 6) is 1.57. The van der Waals surface area contributed by atoms with Crippen molar-refractivity contribution in [3.63, 3.8) is 0 Å². The Balaban J connectivity index is 1.54. The van der Waals surface area contributed by atoms with E-state index in [1.807, 2.05) is 30.3 Å². The van der Waals surface area contributed by atoms with Gasteiger partial charge in [0.15, 0.2) is 5.76 Å². The molecule has 5 heteroatoms. The number of fused-ring (bicyclic) bond motifs is 1. The summed E-state index contributed by atoms with van der Waals surface area (Å²) in [5.41, 5.74) is 4.18. The summed E-state index contributed by atoms with van der Waals surface area (Å²) in [4.78, 5) is 4.85. The van der Waals surface area contributed by atoms with E-state index in [4.69, 9.17) is 14.1 Å². The van der Waals surface area contributed by atoms with E-state index in [0.717, 1.165) is 57.7 Å². The molecule has 1 N–H and O–H groups in total. The lowest BCUT2D eigenvalue weighted by Gasteiger charge is -2.11. The number of pyridine rings is 1. The molecule has 0 saturated carbocycles. The molecular formula is C23H21BrN2O2. The number of hydrogen-bond acceptors (Lipinski definition) is 4. The molecule has 2 aromatic heterocycles. The molecule has 4 rings (SSSR count). The molecule has 2 heterocycles. The molecular weight excluding hydrogens is 416 g/mol. The van der Waals surface area contributed by atoms with Crippen molar-refractivity contribution in [1.29, 1.82) is 0 Å². The average Bonchev–Trinajstić information content (AvgIpc) is 3.26. The van der Waals surface area contributed by atoms with E-state index < -0.39 is 0 Å². The summed E-state index contributed by atoms with van der Waals surface area (Å²) in [5, 5.41) is 4.62. The molecule has 0 aliphatic carbocycles. The standard InChI is InChI=1S/C23H21BrN2O2/c1-27-20-9-6-17-13-18(15-25-11-10-16-4-7-19(24)8-5-16)23(26-21(17)14-20)22-3-2-12-28-22/h2-9,12-14,25H,10-11,15H2,1H3. The van der Waals surface area contributed by atoms with Gasteiger partial charge in [-0.15, -0.1) is 0 Å². The van der Waals surface area contributed by atoms with E-state index >= 15 is 0 Å². The second-order valence-electron chi connectivity index (χ2n) is 6.59. The molecule has 0 unspecified atom stereocenters. The fourth-order valence-electron chi connectivity index (χ4n) is 3.19. The Morgan fingerprint density at radius 3 is 2.68 bits per heavy atom. The van der Waals surface area contributed by atoms with Crippen LogP contribution in [0, 0.1) is 0 Å². The molecule has 0 bridgehead atoms. The lowest BCUT2D eigenvalue weighted by Crippen LogP contribution is -2.17. The normalized spacial score (nSPS) is 11.1. The minimum Gasteiger partial charge on any atom is -0.497 e. The second kappa shape index (κ2) is 8.59. The van der Waals surface area contributed by atoms with Crippen LogP contribution in [0.5, 0.6) is 5.75 Å². The van der Waals surface area contributed by atoms with Crippen LogP contribution in [-0.4, -0.2) is 18.6 Å². The maximum Gasteiger partial charge on any atom is 0.152 e. The maximum absolute atomic E-state index is 5.63. The van der Waals surface area contributed by atoms with Gasteiger partial charge in [0, 0.05) is 22.5 Å². The van der Waals surface area contributed by atoms with Gasteiger partial charge in [-0.2, -0.15) is 0 Å². The first-order chi connectivity index (χ1) is 13.7. The Labute approximate surface area is 172 Å². The van der Waals surface area contributed by atoms with Crippen molar-refractivity contribution in [2.75, 3.05) is 13.7 Å². The van der Waals surface area contributed by atoms with Crippen molar-refractivity contribution in [2.45, 2.75) is 13.0 Å². The lowest BCUT2D eigenvalue weighted by atomic mass is 10.1. The van der Waals surface area contributed by atoms with Gasteiger partial charge in [0.05, 0.1) is 18.9 Å². The first kappa shape index (κ1) is 18.7. The number of ether oxygens (including phenoxy) is 1. The minimum atomic E-state index is 0.724. The zero-order valence-corrected chi connectivity index (χ0v) is 17.2. The zero-order valence-electron chi connectivity index (χ0n) is 15.6. The molecule has 4 aromatic rings. The van der Waals surface area contributed by atoms with E-state index in [1.165, 1.54) is 5.56 Å². The van der Waals surface area contributed by atoms with Crippen molar-refractivity contribution in [1.82, 2.24) is 10.3 Å². The van der Waals surface area contributed by atoms with Gasteiger partial charge >= 0.3 is 0 Å². The molecule has 28 heavy (non-hydrogen) atoms. The summed E-state index contributed by atoms with van der Waals surface area (Å²) >= 11 is 3.47. The predicted molar refractivity (Wildman–Crippen MR) is 116 cm³/mol. The molecule has 0 saturated heterocycles. The van der Waals surface area contributed by atoms with Gasteiger partial charge < -0.3 is 14.5 Å². The minimum absolute atomic E-state index is 0.724. The van der Waals surface area contributed by atoms with Gasteiger partial charge in [0.2, 0.25) is 0 Å². The number of methoxy groups -OCH3 is 1. The van der Waals surface area contributed by atoms with Crippen molar-refractivity contribution in [3.8, 4) is 17.2 Å². The van der Waals surface area contributed by atoms with Crippen LogP contribution in [0.4, 0.5) is 0 Å². The van der Waals surface area contributed by atoms with Crippen molar-refractivity contribution < 1.29 is 9.15 Å². The van der Waals surface area contributed by atoms with Crippen LogP contribution in [0.2, 0.25) is 0 Å². The number of rotatable bonds is 7. The maximum atomic E-state index is 5.63. The number of furan rings is 1. The van der Waals surface area contributed by atoms with Crippen molar-refractivity contribution in [3.05, 3.63) is 82.5 Å². The van der Waals surface area contributed by atoms with Gasteiger partial charge in [-0.05, 0) is 66.6 Å². The Hall–Kier alpha value is -2.63. The summed E-state index contributed by atoms with van der Waals surface area (Å²) in [6.07, 6.45) is 2.65. The number of nitrogens with one attached hydrogen (secondary N) is 1. The summed E-state index contributed by atoms with van der Waals surface area (Å²) in [6.45, 7) is 1.61. The SMILES string of the molecule is COc1ccc2cc(CNCCc3ccc(Br)cc3)c(-c3ccco3)nc2c1. The molecule has 4 nitrogen and oxygen atoms in total. The third-order valence-corrected chi connectivity index (χ3v) is 5.21. The highest BCUT2D eigenvalue weighted by Gasteiger charge is 2.12. The third-order valence-electron chi connectivity index (χ3n) is 4.68. The van der Waals surface area contributed by atoms with Crippen LogP contribution < -0.4 is 10.1 Å². The van der Waals surface area contributed by atoms with E-state index in [-0.39, 0.29) is 0 Å².